The van der Waals surface area contributed by atoms with Crippen molar-refractivity contribution in [2.24, 2.45) is 0 Å². The van der Waals surface area contributed by atoms with Gasteiger partial charge < -0.3 is 9.47 Å². The molecular formula is C20H17ClF2N2O5S. The van der Waals surface area contributed by atoms with Gasteiger partial charge in [0.25, 0.3) is 6.43 Å². The molecule has 0 saturated carbocycles. The van der Waals surface area contributed by atoms with Crippen molar-refractivity contribution in [3.63, 3.8) is 0 Å². The lowest BCUT2D eigenvalue weighted by atomic mass is 10.1. The number of hydrogen-bond donors (Lipinski definition) is 0. The Kier molecular flexibility index (Phi) is 6.61. The number of ether oxygens (including phenoxy) is 2. The van der Waals surface area contributed by atoms with Gasteiger partial charge in [-0.1, -0.05) is 23.7 Å². The van der Waals surface area contributed by atoms with Crippen molar-refractivity contribution in [2.45, 2.75) is 18.2 Å². The fourth-order valence-corrected chi connectivity index (χ4v) is 4.03. The average Bonchev–Trinajstić information content (AvgIpc) is 3.18. The van der Waals surface area contributed by atoms with Gasteiger partial charge >= 0.3 is 5.97 Å². The van der Waals surface area contributed by atoms with Crippen LogP contribution in [-0.2, 0) is 19.4 Å². The molecule has 11 heteroatoms. The molecule has 3 aromatic rings. The van der Waals surface area contributed by atoms with Gasteiger partial charge in [0.1, 0.15) is 11.4 Å². The first kappa shape index (κ1) is 22.7. The molecule has 3 rings (SSSR count). The number of esters is 1. The van der Waals surface area contributed by atoms with Gasteiger partial charge in [0.2, 0.25) is 9.84 Å². The molecule has 0 N–H and O–H groups in total. The second-order valence-corrected chi connectivity index (χ2v) is 8.73. The van der Waals surface area contributed by atoms with Crippen LogP contribution < -0.4 is 4.74 Å². The molecule has 2 aromatic carbocycles. The Labute approximate surface area is 182 Å². The van der Waals surface area contributed by atoms with E-state index in [1.54, 1.807) is 12.1 Å². The highest BCUT2D eigenvalue weighted by Crippen LogP contribution is 2.33. The topological polar surface area (TPSA) is 87.5 Å². The summed E-state index contributed by atoms with van der Waals surface area (Å²) in [4.78, 5) is 10.8. The minimum absolute atomic E-state index is 0.106. The Bertz CT molecular complexity index is 1210. The summed E-state index contributed by atoms with van der Waals surface area (Å²) in [6, 6.07) is 10.0. The molecule has 0 radical (unpaired) electrons. The fourth-order valence-electron chi connectivity index (χ4n) is 2.77. The van der Waals surface area contributed by atoms with Crippen LogP contribution in [0.5, 0.6) is 5.75 Å². The highest BCUT2D eigenvalue weighted by atomic mass is 35.5. The molecule has 0 bridgehead atoms. The van der Waals surface area contributed by atoms with E-state index in [9.17, 15) is 22.0 Å². The summed E-state index contributed by atoms with van der Waals surface area (Å²) in [7, 11) is -2.41. The van der Waals surface area contributed by atoms with Crippen LogP contribution in [0.4, 0.5) is 8.78 Å². The molecule has 31 heavy (non-hydrogen) atoms. The molecule has 164 valence electrons. The third kappa shape index (κ3) is 5.02. The summed E-state index contributed by atoms with van der Waals surface area (Å²) in [6.45, 7) is 1.10. The molecular weight excluding hydrogens is 454 g/mol. The first-order valence-corrected chi connectivity index (χ1v) is 10.8. The van der Waals surface area contributed by atoms with E-state index >= 15 is 0 Å². The number of alkyl halides is 2. The molecule has 7 nitrogen and oxygen atoms in total. The van der Waals surface area contributed by atoms with E-state index in [1.807, 2.05) is 0 Å². The summed E-state index contributed by atoms with van der Waals surface area (Å²) in [5, 5.41) is 4.25. The molecule has 0 aliphatic rings. The predicted octanol–water partition coefficient (Wildman–Crippen LogP) is 4.43. The molecule has 1 aromatic heterocycles. The minimum Gasteiger partial charge on any atom is -0.495 e. The van der Waals surface area contributed by atoms with Crippen LogP contribution in [0.25, 0.3) is 16.8 Å². The molecule has 0 spiro atoms. The van der Waals surface area contributed by atoms with Crippen LogP contribution in [0.1, 0.15) is 19.0 Å². The summed E-state index contributed by atoms with van der Waals surface area (Å²) < 4.78 is 62.5. The number of methoxy groups -OCH3 is 1. The van der Waals surface area contributed by atoms with Gasteiger partial charge in [0.15, 0.2) is 5.94 Å². The summed E-state index contributed by atoms with van der Waals surface area (Å²) in [6.07, 6.45) is -1.46. The second kappa shape index (κ2) is 9.03. The molecule has 0 aliphatic heterocycles. The molecule has 0 unspecified atom stereocenters. The number of carbonyl (C=O) groups excluding carboxylic acids is 1. The Hall–Kier alpha value is -2.98. The zero-order chi connectivity index (χ0) is 22.8. The molecule has 0 aliphatic carbocycles. The maximum atomic E-state index is 13.6. The summed E-state index contributed by atoms with van der Waals surface area (Å²) >= 11 is 6.11. The van der Waals surface area contributed by atoms with Gasteiger partial charge in [0, 0.05) is 18.7 Å². The zero-order valence-corrected chi connectivity index (χ0v) is 18.0. The number of aromatic nitrogens is 2. The average molecular weight is 471 g/mol. The Balaban J connectivity index is 1.97. The van der Waals surface area contributed by atoms with Crippen molar-refractivity contribution < 1.29 is 31.5 Å². The largest absolute Gasteiger partial charge is 0.495 e. The first-order valence-electron chi connectivity index (χ1n) is 8.80. The van der Waals surface area contributed by atoms with Gasteiger partial charge in [-0.15, -0.1) is 0 Å². The van der Waals surface area contributed by atoms with E-state index in [4.69, 9.17) is 16.3 Å². The van der Waals surface area contributed by atoms with E-state index in [-0.39, 0.29) is 15.5 Å². The van der Waals surface area contributed by atoms with Crippen LogP contribution in [0.2, 0.25) is 5.02 Å². The smallest absolute Gasteiger partial charge is 0.303 e. The van der Waals surface area contributed by atoms with Crippen LogP contribution in [0.3, 0.4) is 0 Å². The second-order valence-electron chi connectivity index (χ2n) is 6.39. The SMILES string of the molecule is COc1ccc(-n2cc(-c3ccc(S(=O)(=O)COC(C)=O)cc3)c(C(F)F)n2)cc1Cl. The van der Waals surface area contributed by atoms with Gasteiger partial charge in [-0.3, -0.25) is 4.79 Å². The third-order valence-corrected chi connectivity index (χ3v) is 6.01. The lowest BCUT2D eigenvalue weighted by Crippen LogP contribution is -2.12. The summed E-state index contributed by atoms with van der Waals surface area (Å²) in [5.74, 6) is -1.11. The van der Waals surface area contributed by atoms with E-state index in [0.717, 1.165) is 6.92 Å². The number of nitrogens with zero attached hydrogens (tertiary/aromatic N) is 2. The van der Waals surface area contributed by atoms with Gasteiger partial charge in [-0.2, -0.15) is 5.10 Å². The summed E-state index contributed by atoms with van der Waals surface area (Å²) in [5.41, 5.74) is 0.445. The van der Waals surface area contributed by atoms with Gasteiger partial charge in [-0.05, 0) is 35.9 Å². The van der Waals surface area contributed by atoms with E-state index in [0.29, 0.717) is 17.0 Å². The first-order chi connectivity index (χ1) is 14.6. The maximum Gasteiger partial charge on any atom is 0.303 e. The zero-order valence-electron chi connectivity index (χ0n) is 16.4. The lowest BCUT2D eigenvalue weighted by Gasteiger charge is -2.06. The normalized spacial score (nSPS) is 11.5. The van der Waals surface area contributed by atoms with Crippen LogP contribution in [-0.4, -0.2) is 37.2 Å². The minimum atomic E-state index is -3.87. The molecule has 0 fully saturated rings. The third-order valence-electron chi connectivity index (χ3n) is 4.29. The monoisotopic (exact) mass is 470 g/mol. The molecule has 1 heterocycles. The van der Waals surface area contributed by atoms with E-state index < -0.39 is 33.9 Å². The fraction of sp³-hybridized carbons (Fsp3) is 0.200. The number of carbonyl (C=O) groups is 1. The molecule has 0 atom stereocenters. The number of sulfone groups is 1. The van der Waals surface area contributed by atoms with Crippen molar-refractivity contribution in [3.05, 3.63) is 59.4 Å². The van der Waals surface area contributed by atoms with E-state index in [2.05, 4.69) is 9.84 Å². The number of hydrogen-bond acceptors (Lipinski definition) is 6. The quantitative estimate of drug-likeness (QED) is 0.475. The number of benzene rings is 2. The predicted molar refractivity (Wildman–Crippen MR) is 109 cm³/mol. The van der Waals surface area contributed by atoms with Crippen molar-refractivity contribution in [1.29, 1.82) is 0 Å². The number of rotatable bonds is 7. The highest BCUT2D eigenvalue weighted by Gasteiger charge is 2.22. The van der Waals surface area contributed by atoms with Crippen LogP contribution >= 0.6 is 11.6 Å². The Morgan fingerprint density at radius 2 is 1.87 bits per heavy atom. The van der Waals surface area contributed by atoms with Crippen molar-refractivity contribution in [1.82, 2.24) is 9.78 Å². The van der Waals surface area contributed by atoms with Crippen molar-refractivity contribution >= 4 is 27.4 Å². The van der Waals surface area contributed by atoms with Crippen LogP contribution in [0.15, 0.2) is 53.6 Å². The van der Waals surface area contributed by atoms with Gasteiger partial charge in [-0.25, -0.2) is 21.9 Å². The Morgan fingerprint density at radius 3 is 2.42 bits per heavy atom. The van der Waals surface area contributed by atoms with Crippen LogP contribution in [0, 0.1) is 0 Å². The molecule has 0 amide bonds. The van der Waals surface area contributed by atoms with Gasteiger partial charge in [0.05, 0.1) is 22.7 Å². The maximum absolute atomic E-state index is 13.6. The Morgan fingerprint density at radius 1 is 1.19 bits per heavy atom. The highest BCUT2D eigenvalue weighted by molar-refractivity contribution is 7.91. The van der Waals surface area contributed by atoms with Crippen molar-refractivity contribution in [2.75, 3.05) is 13.0 Å². The lowest BCUT2D eigenvalue weighted by molar-refractivity contribution is -0.138. The standard InChI is InChI=1S/C20H17ClF2N2O5S/c1-12(26)30-11-31(27,28)15-6-3-13(4-7-15)16-10-25(24-19(16)20(22)23)14-5-8-18(29-2)17(21)9-14/h3-10,20H,11H2,1-2H3. The van der Waals surface area contributed by atoms with E-state index in [1.165, 1.54) is 48.3 Å². The molecule has 0 saturated heterocycles. The van der Waals surface area contributed by atoms with Crippen molar-refractivity contribution in [3.8, 4) is 22.6 Å². The number of halogens is 3.